The zero-order chi connectivity index (χ0) is 20.7. The van der Waals surface area contributed by atoms with Gasteiger partial charge in [0.25, 0.3) is 5.78 Å². The molecule has 1 amide bonds. The van der Waals surface area contributed by atoms with Gasteiger partial charge in [-0.3, -0.25) is 14.5 Å². The highest BCUT2D eigenvalue weighted by Crippen LogP contribution is 2.43. The normalized spacial score (nSPS) is 18.4. The monoisotopic (exact) mass is 425 g/mol. The van der Waals surface area contributed by atoms with Gasteiger partial charge in [-0.05, 0) is 31.5 Å². The number of amides is 1. The van der Waals surface area contributed by atoms with Crippen molar-refractivity contribution in [2.24, 2.45) is 0 Å². The van der Waals surface area contributed by atoms with Crippen molar-refractivity contribution in [2.75, 3.05) is 4.90 Å². The van der Waals surface area contributed by atoms with Crippen LogP contribution in [0.15, 0.2) is 54.1 Å². The van der Waals surface area contributed by atoms with Crippen molar-refractivity contribution in [1.29, 1.82) is 0 Å². The minimum absolute atomic E-state index is 0.00836. The summed E-state index contributed by atoms with van der Waals surface area (Å²) in [6, 6.07) is 13.1. The molecule has 2 heterocycles. The van der Waals surface area contributed by atoms with Crippen LogP contribution in [-0.2, 0) is 9.59 Å². The van der Waals surface area contributed by atoms with Gasteiger partial charge in [0, 0.05) is 10.6 Å². The minimum Gasteiger partial charge on any atom is -0.507 e. The molecule has 1 fully saturated rings. The highest BCUT2D eigenvalue weighted by atomic mass is 35.5. The van der Waals surface area contributed by atoms with E-state index in [0.29, 0.717) is 26.3 Å². The van der Waals surface area contributed by atoms with Gasteiger partial charge < -0.3 is 5.11 Å². The molecule has 6 nitrogen and oxygen atoms in total. The second-order valence-corrected chi connectivity index (χ2v) is 8.29. The van der Waals surface area contributed by atoms with Gasteiger partial charge in [-0.25, -0.2) is 0 Å². The highest BCUT2D eigenvalue weighted by molar-refractivity contribution is 7.15. The number of nitrogens with zero attached hydrogens (tertiary/aromatic N) is 3. The number of hydrogen-bond donors (Lipinski definition) is 1. The molecule has 29 heavy (non-hydrogen) atoms. The number of aryl methyl sites for hydroxylation is 2. The van der Waals surface area contributed by atoms with Gasteiger partial charge in [0.15, 0.2) is 0 Å². The lowest BCUT2D eigenvalue weighted by atomic mass is 9.95. The Morgan fingerprint density at radius 3 is 2.28 bits per heavy atom. The molecule has 2 aromatic carbocycles. The number of aromatic nitrogens is 2. The molecule has 1 saturated heterocycles. The van der Waals surface area contributed by atoms with E-state index < -0.39 is 17.7 Å². The Balaban J connectivity index is 1.93. The smallest absolute Gasteiger partial charge is 0.301 e. The number of aliphatic hydroxyl groups excluding tert-OH is 1. The van der Waals surface area contributed by atoms with Gasteiger partial charge in [0.05, 0.1) is 11.6 Å². The molecule has 0 radical (unpaired) electrons. The molecule has 0 saturated carbocycles. The molecule has 0 aliphatic carbocycles. The van der Waals surface area contributed by atoms with E-state index in [1.165, 1.54) is 16.2 Å². The predicted octanol–water partition coefficient (Wildman–Crippen LogP) is 4.43. The van der Waals surface area contributed by atoms with Crippen molar-refractivity contribution in [3.05, 3.63) is 80.8 Å². The first kappa shape index (κ1) is 19.3. The van der Waals surface area contributed by atoms with E-state index in [9.17, 15) is 14.7 Å². The minimum atomic E-state index is -0.832. The molecule has 1 atom stereocenters. The predicted molar refractivity (Wildman–Crippen MR) is 112 cm³/mol. The SMILES string of the molecule is Cc1ccc(/C(O)=C2\C(=O)C(=O)N(c3nnc(C)s3)[C@H]2c2ccc(Cl)cc2)cc1. The summed E-state index contributed by atoms with van der Waals surface area (Å²) in [6.45, 7) is 3.69. The van der Waals surface area contributed by atoms with Crippen LogP contribution in [0.25, 0.3) is 5.76 Å². The van der Waals surface area contributed by atoms with E-state index in [0.717, 1.165) is 5.56 Å². The number of benzene rings is 2. The molecule has 146 valence electrons. The molecular weight excluding hydrogens is 410 g/mol. The maximum absolute atomic E-state index is 12.9. The van der Waals surface area contributed by atoms with Crippen LogP contribution in [0.3, 0.4) is 0 Å². The number of anilines is 1. The summed E-state index contributed by atoms with van der Waals surface area (Å²) in [5.41, 5.74) is 2.12. The molecule has 1 aliphatic heterocycles. The first-order chi connectivity index (χ1) is 13.9. The van der Waals surface area contributed by atoms with E-state index in [-0.39, 0.29) is 11.3 Å². The van der Waals surface area contributed by atoms with E-state index in [1.54, 1.807) is 43.3 Å². The maximum atomic E-state index is 12.9. The van der Waals surface area contributed by atoms with Gasteiger partial charge in [-0.15, -0.1) is 10.2 Å². The number of ketones is 1. The van der Waals surface area contributed by atoms with Gasteiger partial charge in [-0.2, -0.15) is 0 Å². The quantitative estimate of drug-likeness (QED) is 0.381. The van der Waals surface area contributed by atoms with Crippen LogP contribution in [0, 0.1) is 13.8 Å². The van der Waals surface area contributed by atoms with Crippen molar-refractivity contribution in [3.8, 4) is 0 Å². The summed E-state index contributed by atoms with van der Waals surface area (Å²) in [4.78, 5) is 27.1. The zero-order valence-electron chi connectivity index (χ0n) is 15.6. The molecule has 8 heteroatoms. The Hall–Kier alpha value is -3.03. The fraction of sp³-hybridized carbons (Fsp3) is 0.143. The fourth-order valence-electron chi connectivity index (χ4n) is 3.24. The number of carbonyl (C=O) groups excluding carboxylic acids is 2. The third-order valence-corrected chi connectivity index (χ3v) is 5.77. The van der Waals surface area contributed by atoms with E-state index in [2.05, 4.69) is 10.2 Å². The molecule has 0 unspecified atom stereocenters. The lowest BCUT2D eigenvalue weighted by Crippen LogP contribution is -2.29. The number of hydrogen-bond acceptors (Lipinski definition) is 6. The maximum Gasteiger partial charge on any atom is 0.301 e. The standard InChI is InChI=1S/C21H16ClN3O3S/c1-11-3-5-14(6-4-11)18(26)16-17(13-7-9-15(22)10-8-13)25(20(28)19(16)27)21-24-23-12(2)29-21/h3-10,17,26H,1-2H3/b18-16+/t17-/m0/s1. The van der Waals surface area contributed by atoms with Crippen molar-refractivity contribution >= 4 is 45.5 Å². The molecule has 4 rings (SSSR count). The lowest BCUT2D eigenvalue weighted by Gasteiger charge is -2.22. The van der Waals surface area contributed by atoms with Crippen LogP contribution >= 0.6 is 22.9 Å². The van der Waals surface area contributed by atoms with Gasteiger partial charge in [0.1, 0.15) is 10.8 Å². The summed E-state index contributed by atoms with van der Waals surface area (Å²) in [7, 11) is 0. The van der Waals surface area contributed by atoms with Crippen LogP contribution in [-0.4, -0.2) is 27.0 Å². The van der Waals surface area contributed by atoms with Crippen LogP contribution in [0.4, 0.5) is 5.13 Å². The van der Waals surface area contributed by atoms with Crippen LogP contribution < -0.4 is 4.90 Å². The summed E-state index contributed by atoms with van der Waals surface area (Å²) in [5.74, 6) is -1.75. The Bertz CT molecular complexity index is 1140. The Kier molecular flexibility index (Phi) is 4.94. The lowest BCUT2D eigenvalue weighted by molar-refractivity contribution is -0.132. The Morgan fingerprint density at radius 2 is 1.69 bits per heavy atom. The third kappa shape index (κ3) is 3.43. The zero-order valence-corrected chi connectivity index (χ0v) is 17.2. The largest absolute Gasteiger partial charge is 0.507 e. The highest BCUT2D eigenvalue weighted by Gasteiger charge is 2.48. The van der Waals surface area contributed by atoms with Crippen molar-refractivity contribution in [2.45, 2.75) is 19.9 Å². The van der Waals surface area contributed by atoms with E-state index in [1.807, 2.05) is 19.1 Å². The first-order valence-corrected chi connectivity index (χ1v) is 10.00. The average molecular weight is 426 g/mol. The van der Waals surface area contributed by atoms with Crippen LogP contribution in [0.5, 0.6) is 0 Å². The van der Waals surface area contributed by atoms with E-state index >= 15 is 0 Å². The number of Topliss-reactive ketones (excluding diaryl/α,β-unsaturated/α-hetero) is 1. The first-order valence-electron chi connectivity index (χ1n) is 8.80. The van der Waals surface area contributed by atoms with Crippen molar-refractivity contribution in [1.82, 2.24) is 10.2 Å². The number of rotatable bonds is 3. The summed E-state index contributed by atoms with van der Waals surface area (Å²) in [5, 5.41) is 20.5. The number of halogens is 1. The third-order valence-electron chi connectivity index (χ3n) is 4.68. The molecule has 0 bridgehead atoms. The molecule has 1 aliphatic rings. The number of carbonyl (C=O) groups is 2. The van der Waals surface area contributed by atoms with Crippen LogP contribution in [0.1, 0.15) is 27.7 Å². The molecule has 0 spiro atoms. The van der Waals surface area contributed by atoms with Crippen molar-refractivity contribution in [3.63, 3.8) is 0 Å². The molecule has 3 aromatic rings. The summed E-state index contributed by atoms with van der Waals surface area (Å²) in [6.07, 6.45) is 0. The summed E-state index contributed by atoms with van der Waals surface area (Å²) < 4.78 is 0. The topological polar surface area (TPSA) is 83.4 Å². The van der Waals surface area contributed by atoms with Crippen molar-refractivity contribution < 1.29 is 14.7 Å². The van der Waals surface area contributed by atoms with Gasteiger partial charge in [-0.1, -0.05) is 64.9 Å². The van der Waals surface area contributed by atoms with E-state index in [4.69, 9.17) is 11.6 Å². The Labute approximate surface area is 176 Å². The fourth-order valence-corrected chi connectivity index (χ4v) is 4.08. The molecule has 1 aromatic heterocycles. The summed E-state index contributed by atoms with van der Waals surface area (Å²) >= 11 is 7.22. The van der Waals surface area contributed by atoms with Gasteiger partial charge >= 0.3 is 5.91 Å². The molecule has 1 N–H and O–H groups in total. The number of aliphatic hydroxyl groups is 1. The second kappa shape index (κ2) is 7.42. The molecular formula is C21H16ClN3O3S. The van der Waals surface area contributed by atoms with Gasteiger partial charge in [0.2, 0.25) is 5.13 Å². The second-order valence-electron chi connectivity index (χ2n) is 6.69. The Morgan fingerprint density at radius 1 is 1.03 bits per heavy atom. The average Bonchev–Trinajstić information content (AvgIpc) is 3.24. The van der Waals surface area contributed by atoms with Crippen LogP contribution in [0.2, 0.25) is 5.02 Å².